The molecule has 0 spiro atoms. The van der Waals surface area contributed by atoms with Crippen LogP contribution >= 0.6 is 0 Å². The Balaban J connectivity index is 2.60. The van der Waals surface area contributed by atoms with Gasteiger partial charge >= 0.3 is 0 Å². The second-order valence-corrected chi connectivity index (χ2v) is 4.99. The summed E-state index contributed by atoms with van der Waals surface area (Å²) in [5.74, 6) is 2.06. The first-order valence-electron chi connectivity index (χ1n) is 6.19. The van der Waals surface area contributed by atoms with Crippen LogP contribution in [-0.2, 0) is 4.79 Å². The first-order chi connectivity index (χ1) is 6.66. The summed E-state index contributed by atoms with van der Waals surface area (Å²) in [5, 5.41) is 0. The van der Waals surface area contributed by atoms with Crippen LogP contribution in [-0.4, -0.2) is 5.78 Å². The van der Waals surface area contributed by atoms with E-state index in [9.17, 15) is 4.79 Å². The molecule has 14 heavy (non-hydrogen) atoms. The van der Waals surface area contributed by atoms with Crippen molar-refractivity contribution in [2.45, 2.75) is 59.3 Å². The fourth-order valence-electron chi connectivity index (χ4n) is 2.91. The molecule has 0 amide bonds. The lowest BCUT2D eigenvalue weighted by molar-refractivity contribution is -0.126. The quantitative estimate of drug-likeness (QED) is 0.668. The van der Waals surface area contributed by atoms with Gasteiger partial charge < -0.3 is 0 Å². The van der Waals surface area contributed by atoms with Crippen LogP contribution in [0, 0.1) is 17.8 Å². The molecule has 0 aliphatic heterocycles. The molecule has 0 aromatic rings. The lowest BCUT2D eigenvalue weighted by Crippen LogP contribution is -2.29. The Bertz CT molecular complexity index is 178. The smallest absolute Gasteiger partial charge is 0.136 e. The van der Waals surface area contributed by atoms with Crippen LogP contribution in [0.15, 0.2) is 0 Å². The summed E-state index contributed by atoms with van der Waals surface area (Å²) in [7, 11) is 0. The summed E-state index contributed by atoms with van der Waals surface area (Å²) >= 11 is 0. The molecule has 0 saturated heterocycles. The highest BCUT2D eigenvalue weighted by Gasteiger charge is 2.30. The summed E-state index contributed by atoms with van der Waals surface area (Å²) in [6.07, 6.45) is 7.35. The van der Waals surface area contributed by atoms with Crippen molar-refractivity contribution in [3.63, 3.8) is 0 Å². The molecule has 1 fully saturated rings. The van der Waals surface area contributed by atoms with Gasteiger partial charge in [0.1, 0.15) is 5.78 Å². The molecule has 82 valence electrons. The zero-order valence-electron chi connectivity index (χ0n) is 9.88. The van der Waals surface area contributed by atoms with Crippen molar-refractivity contribution in [1.29, 1.82) is 0 Å². The van der Waals surface area contributed by atoms with Crippen molar-refractivity contribution in [2.75, 3.05) is 0 Å². The first-order valence-corrected chi connectivity index (χ1v) is 6.19. The molecule has 0 aromatic heterocycles. The Hall–Kier alpha value is -0.330. The molecule has 0 unspecified atom stereocenters. The monoisotopic (exact) mass is 196 g/mol. The van der Waals surface area contributed by atoms with Crippen molar-refractivity contribution in [3.05, 3.63) is 0 Å². The Morgan fingerprint density at radius 2 is 1.79 bits per heavy atom. The van der Waals surface area contributed by atoms with Crippen molar-refractivity contribution in [2.24, 2.45) is 17.8 Å². The standard InChI is InChI=1S/C13H24O/c1-4-12(14)13(10(2)3)11-8-6-5-7-9-11/h10-11,13H,4-9H2,1-3H3/t13-/m1/s1. The van der Waals surface area contributed by atoms with Crippen LogP contribution in [0.25, 0.3) is 0 Å². The van der Waals surface area contributed by atoms with Gasteiger partial charge in [-0.3, -0.25) is 4.79 Å². The van der Waals surface area contributed by atoms with E-state index in [4.69, 9.17) is 0 Å². The summed E-state index contributed by atoms with van der Waals surface area (Å²) in [6.45, 7) is 6.40. The molecule has 0 bridgehead atoms. The first kappa shape index (κ1) is 11.7. The maximum atomic E-state index is 11.9. The minimum atomic E-state index is 0.347. The Labute approximate surface area is 88.3 Å². The van der Waals surface area contributed by atoms with Crippen molar-refractivity contribution >= 4 is 5.78 Å². The van der Waals surface area contributed by atoms with Crippen molar-refractivity contribution in [3.8, 4) is 0 Å². The van der Waals surface area contributed by atoms with Crippen LogP contribution < -0.4 is 0 Å². The van der Waals surface area contributed by atoms with E-state index in [0.29, 0.717) is 23.5 Å². The van der Waals surface area contributed by atoms with E-state index in [0.717, 1.165) is 6.42 Å². The zero-order valence-corrected chi connectivity index (χ0v) is 9.88. The highest BCUT2D eigenvalue weighted by Crippen LogP contribution is 2.34. The molecular weight excluding hydrogens is 172 g/mol. The summed E-state index contributed by atoms with van der Waals surface area (Å²) in [6, 6.07) is 0. The average Bonchev–Trinajstić information content (AvgIpc) is 2.19. The van der Waals surface area contributed by atoms with E-state index < -0.39 is 0 Å². The van der Waals surface area contributed by atoms with Crippen LogP contribution in [0.3, 0.4) is 0 Å². The molecule has 1 rings (SSSR count). The third-order valence-electron chi connectivity index (χ3n) is 3.60. The van der Waals surface area contributed by atoms with Gasteiger partial charge in [0.2, 0.25) is 0 Å². The Morgan fingerprint density at radius 3 is 2.21 bits per heavy atom. The summed E-state index contributed by atoms with van der Waals surface area (Å²) in [5.41, 5.74) is 0. The minimum absolute atomic E-state index is 0.347. The third-order valence-corrected chi connectivity index (χ3v) is 3.60. The molecule has 0 heterocycles. The predicted molar refractivity (Wildman–Crippen MR) is 60.2 cm³/mol. The minimum Gasteiger partial charge on any atom is -0.299 e. The van der Waals surface area contributed by atoms with E-state index in [-0.39, 0.29) is 0 Å². The maximum Gasteiger partial charge on any atom is 0.136 e. The van der Waals surface area contributed by atoms with Crippen LogP contribution in [0.1, 0.15) is 59.3 Å². The number of rotatable bonds is 4. The molecule has 1 nitrogen and oxygen atoms in total. The number of Topliss-reactive ketones (excluding diaryl/α,β-unsaturated/α-hetero) is 1. The second-order valence-electron chi connectivity index (χ2n) is 4.99. The van der Waals surface area contributed by atoms with E-state index in [1.807, 2.05) is 6.92 Å². The van der Waals surface area contributed by atoms with Crippen LogP contribution in [0.4, 0.5) is 0 Å². The SMILES string of the molecule is CCC(=O)[C@H](C(C)C)C1CCCCC1. The van der Waals surface area contributed by atoms with Crippen LogP contribution in [0.2, 0.25) is 0 Å². The van der Waals surface area contributed by atoms with Gasteiger partial charge in [-0.15, -0.1) is 0 Å². The number of carbonyl (C=O) groups is 1. The number of hydrogen-bond acceptors (Lipinski definition) is 1. The summed E-state index contributed by atoms with van der Waals surface area (Å²) < 4.78 is 0. The maximum absolute atomic E-state index is 11.9. The summed E-state index contributed by atoms with van der Waals surface area (Å²) in [4.78, 5) is 11.9. The fraction of sp³-hybridized carbons (Fsp3) is 0.923. The van der Waals surface area contributed by atoms with Gasteiger partial charge in [-0.05, 0) is 24.7 Å². The highest BCUT2D eigenvalue weighted by atomic mass is 16.1. The van der Waals surface area contributed by atoms with Crippen molar-refractivity contribution in [1.82, 2.24) is 0 Å². The fourth-order valence-corrected chi connectivity index (χ4v) is 2.91. The van der Waals surface area contributed by atoms with E-state index in [2.05, 4.69) is 13.8 Å². The molecule has 0 aromatic carbocycles. The highest BCUT2D eigenvalue weighted by molar-refractivity contribution is 5.81. The molecule has 1 heteroatoms. The number of carbonyl (C=O) groups excluding carboxylic acids is 1. The molecule has 1 saturated carbocycles. The van der Waals surface area contributed by atoms with Gasteiger partial charge in [0.25, 0.3) is 0 Å². The third kappa shape index (κ3) is 2.83. The predicted octanol–water partition coefficient (Wildman–Crippen LogP) is 3.82. The largest absolute Gasteiger partial charge is 0.299 e. The second kappa shape index (κ2) is 5.53. The van der Waals surface area contributed by atoms with Gasteiger partial charge in [0, 0.05) is 12.3 Å². The Kier molecular flexibility index (Phi) is 4.64. The number of hydrogen-bond donors (Lipinski definition) is 0. The lowest BCUT2D eigenvalue weighted by atomic mass is 9.73. The van der Waals surface area contributed by atoms with Crippen molar-refractivity contribution < 1.29 is 4.79 Å². The van der Waals surface area contributed by atoms with E-state index in [1.54, 1.807) is 0 Å². The van der Waals surface area contributed by atoms with E-state index in [1.165, 1.54) is 32.1 Å². The molecule has 0 N–H and O–H groups in total. The number of ketones is 1. The zero-order chi connectivity index (χ0) is 10.6. The van der Waals surface area contributed by atoms with Gasteiger partial charge in [-0.1, -0.05) is 40.0 Å². The Morgan fingerprint density at radius 1 is 1.21 bits per heavy atom. The topological polar surface area (TPSA) is 17.1 Å². The van der Waals surface area contributed by atoms with Gasteiger partial charge in [0.05, 0.1) is 0 Å². The molecular formula is C13H24O. The van der Waals surface area contributed by atoms with Gasteiger partial charge in [0.15, 0.2) is 0 Å². The molecule has 1 atom stereocenters. The molecule has 0 radical (unpaired) electrons. The molecule has 1 aliphatic carbocycles. The average molecular weight is 196 g/mol. The normalized spacial score (nSPS) is 21.1. The lowest BCUT2D eigenvalue weighted by Gasteiger charge is -2.31. The van der Waals surface area contributed by atoms with Gasteiger partial charge in [-0.25, -0.2) is 0 Å². The van der Waals surface area contributed by atoms with Gasteiger partial charge in [-0.2, -0.15) is 0 Å². The van der Waals surface area contributed by atoms with E-state index >= 15 is 0 Å². The van der Waals surface area contributed by atoms with Crippen LogP contribution in [0.5, 0.6) is 0 Å². The molecule has 1 aliphatic rings.